The molecule has 19 nitrogen and oxygen atoms in total. The van der Waals surface area contributed by atoms with E-state index in [9.17, 15) is 43.6 Å². The number of piperidine rings is 1. The third-order valence-corrected chi connectivity index (χ3v) is 17.1. The lowest BCUT2D eigenvalue weighted by molar-refractivity contribution is -0.870. The molecule has 444 valence electrons. The molecule has 2 saturated heterocycles. The van der Waals surface area contributed by atoms with Crippen LogP contribution in [-0.4, -0.2) is 179 Å². The molecule has 4 aliphatic rings. The van der Waals surface area contributed by atoms with E-state index in [0.717, 1.165) is 5.57 Å². The number of methoxy groups -OCH3 is 3. The number of esters is 1. The Labute approximate surface area is 464 Å². The Morgan fingerprint density at radius 2 is 1.55 bits per heavy atom. The third kappa shape index (κ3) is 20.0. The molecule has 1 amide bonds. The van der Waals surface area contributed by atoms with Crippen LogP contribution < -0.4 is 4.89 Å². The second kappa shape index (κ2) is 31.2. The van der Waals surface area contributed by atoms with Gasteiger partial charge >= 0.3 is 5.97 Å². The van der Waals surface area contributed by atoms with Crippen LogP contribution >= 0.6 is 7.82 Å². The number of rotatable bonds is 15. The summed E-state index contributed by atoms with van der Waals surface area (Å²) in [5.41, 5.74) is 1.22. The predicted molar refractivity (Wildman–Crippen MR) is 291 cm³/mol. The first-order chi connectivity index (χ1) is 36.6. The highest BCUT2D eigenvalue weighted by Crippen LogP contribution is 2.40. The molecule has 1 aliphatic carbocycles. The molecule has 3 fully saturated rings. The van der Waals surface area contributed by atoms with E-state index >= 15 is 0 Å². The third-order valence-electron chi connectivity index (χ3n) is 16.1. The number of ketones is 3. The molecule has 78 heavy (non-hydrogen) atoms. The van der Waals surface area contributed by atoms with E-state index in [4.69, 9.17) is 37.5 Å². The second-order valence-electron chi connectivity index (χ2n) is 23.6. The molecule has 2 N–H and O–H groups in total. The summed E-state index contributed by atoms with van der Waals surface area (Å²) in [5.74, 6) is -8.43. The summed E-state index contributed by atoms with van der Waals surface area (Å²) >= 11 is 0. The van der Waals surface area contributed by atoms with Crippen LogP contribution in [0.5, 0.6) is 0 Å². The number of aliphatic hydroxyl groups excluding tert-OH is 1. The highest BCUT2D eigenvalue weighted by Gasteiger charge is 2.53. The normalized spacial score (nSPS) is 34.6. The fourth-order valence-electron chi connectivity index (χ4n) is 11.1. The van der Waals surface area contributed by atoms with Crippen molar-refractivity contribution in [1.29, 1.82) is 0 Å². The van der Waals surface area contributed by atoms with Crippen LogP contribution in [0, 0.1) is 35.5 Å². The first-order valence-corrected chi connectivity index (χ1v) is 29.6. The van der Waals surface area contributed by atoms with Gasteiger partial charge in [-0.25, -0.2) is 4.79 Å². The molecular formula is C58H95N2O17P. The lowest BCUT2D eigenvalue weighted by Crippen LogP contribution is -2.61. The Bertz CT molecular complexity index is 2160. The lowest BCUT2D eigenvalue weighted by atomic mass is 9.78. The van der Waals surface area contributed by atoms with Crippen LogP contribution in [-0.2, 0) is 66.0 Å². The Kier molecular flexibility index (Phi) is 26.9. The van der Waals surface area contributed by atoms with Crippen molar-refractivity contribution >= 4 is 37.0 Å². The molecule has 4 rings (SSSR count). The van der Waals surface area contributed by atoms with Crippen LogP contribution in [0.3, 0.4) is 0 Å². The van der Waals surface area contributed by atoms with Crippen molar-refractivity contribution in [2.24, 2.45) is 35.5 Å². The Balaban J connectivity index is 1.62. The van der Waals surface area contributed by atoms with Crippen molar-refractivity contribution in [3.8, 4) is 0 Å². The van der Waals surface area contributed by atoms with Gasteiger partial charge in [-0.05, 0) is 107 Å². The van der Waals surface area contributed by atoms with Crippen molar-refractivity contribution < 1.29 is 85.6 Å². The quantitative estimate of drug-likeness (QED) is 0.0449. The molecule has 1 saturated carbocycles. The zero-order valence-electron chi connectivity index (χ0n) is 48.9. The van der Waals surface area contributed by atoms with Gasteiger partial charge in [0.25, 0.3) is 19.5 Å². The SMILES string of the molecule is COC1CC2CCC(C)C(O)(O2)C(=O)C(=O)N2CCCCC2C(=O)OC(C(C)CC2CCC(OCCOP(=O)([O-])OCC[N+](C)(C)C)C(OC)C2)CC(=O)C(C)C=C(C)C(O)C(OC)C(=O)C(C)CC(C)C=CC=CC=C1C. The zero-order chi connectivity index (χ0) is 58.1. The maximum Gasteiger partial charge on any atom is 0.329 e. The average Bonchev–Trinajstić information content (AvgIpc) is 3.38. The first kappa shape index (κ1) is 67.2. The van der Waals surface area contributed by atoms with Gasteiger partial charge in [-0.15, -0.1) is 0 Å². The number of carbonyl (C=O) groups is 5. The number of hydrogen-bond acceptors (Lipinski definition) is 17. The monoisotopic (exact) mass is 1120 g/mol. The first-order valence-electron chi connectivity index (χ1n) is 28.2. The molecule has 16 atom stereocenters. The van der Waals surface area contributed by atoms with Crippen molar-refractivity contribution in [3.63, 3.8) is 0 Å². The minimum absolute atomic E-state index is 0.00477. The van der Waals surface area contributed by atoms with Crippen molar-refractivity contribution in [3.05, 3.63) is 47.6 Å². The maximum atomic E-state index is 14.6. The fraction of sp³-hybridized carbons (Fsp3) is 0.776. The number of nitrogens with zero attached hydrogens (tertiary/aromatic N) is 2. The van der Waals surface area contributed by atoms with E-state index in [-0.39, 0.29) is 74.8 Å². The number of phosphoric ester groups is 1. The summed E-state index contributed by atoms with van der Waals surface area (Å²) in [6, 6.07) is -1.19. The fourth-order valence-corrected chi connectivity index (χ4v) is 11.8. The van der Waals surface area contributed by atoms with Gasteiger partial charge in [-0.3, -0.25) is 23.7 Å². The summed E-state index contributed by atoms with van der Waals surface area (Å²) in [6.45, 7) is 12.8. The largest absolute Gasteiger partial charge is 0.756 e. The molecule has 20 heteroatoms. The number of Topliss-reactive ketones (excluding diaryl/α,β-unsaturated/α-hetero) is 3. The average molecular weight is 1120 g/mol. The van der Waals surface area contributed by atoms with Gasteiger partial charge < -0.3 is 62.0 Å². The Hall–Kier alpha value is -3.30. The number of aliphatic hydroxyl groups is 2. The Morgan fingerprint density at radius 1 is 0.846 bits per heavy atom. The van der Waals surface area contributed by atoms with E-state index in [2.05, 4.69) is 0 Å². The number of hydrogen-bond donors (Lipinski definition) is 2. The molecule has 0 radical (unpaired) electrons. The minimum atomic E-state index is -4.53. The lowest BCUT2D eigenvalue weighted by Gasteiger charge is -2.42. The Morgan fingerprint density at radius 3 is 2.22 bits per heavy atom. The van der Waals surface area contributed by atoms with E-state index in [0.29, 0.717) is 80.8 Å². The molecule has 3 heterocycles. The van der Waals surface area contributed by atoms with Crippen LogP contribution in [0.1, 0.15) is 126 Å². The molecular weight excluding hydrogens is 1030 g/mol. The molecule has 0 aromatic rings. The van der Waals surface area contributed by atoms with Gasteiger partial charge in [-0.2, -0.15) is 0 Å². The predicted octanol–water partition coefficient (Wildman–Crippen LogP) is 6.41. The molecule has 2 bridgehead atoms. The number of phosphoric acid groups is 1. The van der Waals surface area contributed by atoms with Crippen molar-refractivity contribution in [2.45, 2.75) is 180 Å². The summed E-state index contributed by atoms with van der Waals surface area (Å²) in [5, 5.41) is 23.6. The smallest absolute Gasteiger partial charge is 0.329 e. The minimum Gasteiger partial charge on any atom is -0.756 e. The van der Waals surface area contributed by atoms with Crippen LogP contribution in [0.15, 0.2) is 47.6 Å². The van der Waals surface area contributed by atoms with Gasteiger partial charge in [0.1, 0.15) is 43.3 Å². The number of carbonyl (C=O) groups excluding carboxylic acids is 5. The van der Waals surface area contributed by atoms with Gasteiger partial charge in [-0.1, -0.05) is 71.1 Å². The number of likely N-dealkylation sites (N-methyl/N-ethyl adjacent to an activating group) is 1. The number of allylic oxidation sites excluding steroid dienone is 6. The van der Waals surface area contributed by atoms with Crippen LogP contribution in [0.4, 0.5) is 0 Å². The molecule has 0 aromatic heterocycles. The van der Waals surface area contributed by atoms with Crippen molar-refractivity contribution in [1.82, 2.24) is 4.90 Å². The van der Waals surface area contributed by atoms with Gasteiger partial charge in [0.05, 0.1) is 58.8 Å². The second-order valence-corrected chi connectivity index (χ2v) is 25.0. The molecule has 3 aliphatic heterocycles. The van der Waals surface area contributed by atoms with E-state index in [1.165, 1.54) is 12.0 Å². The van der Waals surface area contributed by atoms with E-state index in [1.54, 1.807) is 48.0 Å². The number of quaternary nitrogens is 1. The summed E-state index contributed by atoms with van der Waals surface area (Å²) in [7, 11) is 5.75. The maximum absolute atomic E-state index is 14.6. The zero-order valence-corrected chi connectivity index (χ0v) is 49.8. The van der Waals surface area contributed by atoms with E-state index in [1.807, 2.05) is 72.3 Å². The van der Waals surface area contributed by atoms with Gasteiger partial charge in [0, 0.05) is 58.5 Å². The van der Waals surface area contributed by atoms with Gasteiger partial charge in [0.2, 0.25) is 5.79 Å². The summed E-state index contributed by atoms with van der Waals surface area (Å²) in [6.07, 6.45) is 10.8. The molecule has 0 spiro atoms. The number of amides is 1. The van der Waals surface area contributed by atoms with E-state index < -0.39 is 91.5 Å². The molecule has 16 unspecified atom stereocenters. The number of cyclic esters (lactones) is 1. The number of ether oxygens (including phenoxy) is 6. The van der Waals surface area contributed by atoms with Gasteiger partial charge in [0.15, 0.2) is 5.78 Å². The number of fused-ring (bicyclic) bond motifs is 3. The standard InChI is InChI=1S/C58H95N2O17P/c1-37-19-15-14-16-20-38(2)49(70-11)35-45-24-22-43(7)58(67,77-45)55(64)56(65)59-26-18-17-21-46(59)57(66)76-50(36-47(61)39(3)32-42(6)53(63)54(72-13)52(62)41(5)31-37)40(4)33-44-23-25-48(51(34-44)71-12)73-29-30-75-78(68,69)74-28-27-60(8,9)10/h14-16,19-20,32,37,39-41,43-46,48-51,53-54,63,67H,17-18,21-31,33-36H2,1-13H3. The van der Waals surface area contributed by atoms with Crippen molar-refractivity contribution in [2.75, 3.05) is 75.4 Å². The topological polar surface area (TPSA) is 243 Å². The highest BCUT2D eigenvalue weighted by atomic mass is 31.2. The summed E-state index contributed by atoms with van der Waals surface area (Å²) in [4.78, 5) is 85.0. The highest BCUT2D eigenvalue weighted by molar-refractivity contribution is 7.45. The summed E-state index contributed by atoms with van der Waals surface area (Å²) < 4.78 is 58.8. The van der Waals surface area contributed by atoms with Crippen LogP contribution in [0.2, 0.25) is 0 Å². The van der Waals surface area contributed by atoms with Crippen LogP contribution in [0.25, 0.3) is 0 Å². The molecule has 0 aromatic carbocycles.